The first-order valence-electron chi connectivity index (χ1n) is 6.52. The number of carbonyl (C=O) groups is 2. The van der Waals surface area contributed by atoms with Crippen LogP contribution in [0.2, 0.25) is 0 Å². The van der Waals surface area contributed by atoms with Crippen LogP contribution in [0.4, 0.5) is 0 Å². The summed E-state index contributed by atoms with van der Waals surface area (Å²) < 4.78 is 0. The molecule has 0 atom stereocenters. The molecule has 1 aromatic heterocycles. The number of aliphatic carboxylic acids is 1. The summed E-state index contributed by atoms with van der Waals surface area (Å²) in [7, 11) is 1.74. The largest absolute Gasteiger partial charge is 0.480 e. The van der Waals surface area contributed by atoms with E-state index in [9.17, 15) is 14.7 Å². The van der Waals surface area contributed by atoms with Crippen molar-refractivity contribution in [2.75, 3.05) is 20.1 Å². The van der Waals surface area contributed by atoms with Crippen LogP contribution in [-0.4, -0.2) is 52.5 Å². The lowest BCUT2D eigenvalue weighted by Crippen LogP contribution is -2.53. The Hall–Kier alpha value is -1.40. The number of likely N-dealkylation sites (N-methyl/N-ethyl adjacent to an activating group) is 2. The Balaban J connectivity index is 2.65. The predicted molar refractivity (Wildman–Crippen MR) is 79.8 cm³/mol. The molecule has 0 aliphatic carbocycles. The van der Waals surface area contributed by atoms with Gasteiger partial charge in [-0.15, -0.1) is 0 Å². The highest BCUT2D eigenvalue weighted by Crippen LogP contribution is 2.15. The number of amides is 1. The van der Waals surface area contributed by atoms with E-state index in [-0.39, 0.29) is 12.5 Å². The van der Waals surface area contributed by atoms with Crippen molar-refractivity contribution in [3.05, 3.63) is 22.4 Å². The van der Waals surface area contributed by atoms with E-state index in [1.165, 1.54) is 0 Å². The van der Waals surface area contributed by atoms with Gasteiger partial charge in [0.2, 0.25) is 5.91 Å². The molecule has 0 aromatic carbocycles. The zero-order valence-corrected chi connectivity index (χ0v) is 13.2. The van der Waals surface area contributed by atoms with E-state index < -0.39 is 11.5 Å². The van der Waals surface area contributed by atoms with Crippen LogP contribution in [0.25, 0.3) is 0 Å². The fourth-order valence-electron chi connectivity index (χ4n) is 1.87. The summed E-state index contributed by atoms with van der Waals surface area (Å²) in [5, 5.41) is 13.2. The molecule has 1 heterocycles. The molecular formula is C14H22N2O3S. The minimum atomic E-state index is -1.05. The first-order valence-corrected chi connectivity index (χ1v) is 7.46. The minimum absolute atomic E-state index is 0.0765. The highest BCUT2D eigenvalue weighted by molar-refractivity contribution is 7.07. The zero-order valence-electron chi connectivity index (χ0n) is 12.4. The maximum atomic E-state index is 12.2. The molecule has 1 amide bonds. The van der Waals surface area contributed by atoms with Crippen LogP contribution in [-0.2, 0) is 16.1 Å². The van der Waals surface area contributed by atoms with Gasteiger partial charge in [-0.25, -0.2) is 0 Å². The molecule has 1 aromatic rings. The van der Waals surface area contributed by atoms with Gasteiger partial charge in [-0.1, -0.05) is 6.92 Å². The summed E-state index contributed by atoms with van der Waals surface area (Å²) >= 11 is 1.59. The van der Waals surface area contributed by atoms with E-state index in [1.807, 2.05) is 23.8 Å². The van der Waals surface area contributed by atoms with Crippen LogP contribution in [0.3, 0.4) is 0 Å². The molecular weight excluding hydrogens is 276 g/mol. The van der Waals surface area contributed by atoms with Gasteiger partial charge < -0.3 is 10.0 Å². The predicted octanol–water partition coefficient (Wildman–Crippen LogP) is 1.89. The van der Waals surface area contributed by atoms with Crippen molar-refractivity contribution in [3.63, 3.8) is 0 Å². The van der Waals surface area contributed by atoms with Crippen LogP contribution < -0.4 is 0 Å². The Morgan fingerprint density at radius 3 is 2.50 bits per heavy atom. The Morgan fingerprint density at radius 2 is 2.05 bits per heavy atom. The van der Waals surface area contributed by atoms with Gasteiger partial charge in [0.25, 0.3) is 0 Å². The first-order chi connectivity index (χ1) is 9.28. The number of carboxylic acids is 1. The summed E-state index contributed by atoms with van der Waals surface area (Å²) in [5.41, 5.74) is 0.0413. The van der Waals surface area contributed by atoms with Gasteiger partial charge in [0, 0.05) is 13.6 Å². The summed E-state index contributed by atoms with van der Waals surface area (Å²) in [5.74, 6) is -1.000. The Kier molecular flexibility index (Phi) is 5.71. The molecule has 0 fully saturated rings. The molecule has 20 heavy (non-hydrogen) atoms. The maximum Gasteiger partial charge on any atom is 0.323 e. The second-order valence-electron chi connectivity index (χ2n) is 5.26. The Labute approximate surface area is 123 Å². The monoisotopic (exact) mass is 298 g/mol. The van der Waals surface area contributed by atoms with Gasteiger partial charge in [-0.05, 0) is 42.8 Å². The molecule has 0 saturated heterocycles. The number of carboxylic acid groups (broad SMARTS) is 1. The highest BCUT2D eigenvalue weighted by atomic mass is 32.1. The fourth-order valence-corrected chi connectivity index (χ4v) is 2.53. The number of nitrogens with zero attached hydrogens (tertiary/aromatic N) is 2. The van der Waals surface area contributed by atoms with Crippen molar-refractivity contribution in [2.24, 2.45) is 0 Å². The normalized spacial score (nSPS) is 11.7. The van der Waals surface area contributed by atoms with E-state index in [2.05, 4.69) is 0 Å². The van der Waals surface area contributed by atoms with E-state index >= 15 is 0 Å². The van der Waals surface area contributed by atoms with E-state index in [0.29, 0.717) is 13.1 Å². The van der Waals surface area contributed by atoms with Crippen molar-refractivity contribution in [1.29, 1.82) is 0 Å². The molecule has 0 spiro atoms. The average Bonchev–Trinajstić information content (AvgIpc) is 2.87. The van der Waals surface area contributed by atoms with Gasteiger partial charge in [-0.2, -0.15) is 11.3 Å². The van der Waals surface area contributed by atoms with Crippen LogP contribution >= 0.6 is 11.3 Å². The van der Waals surface area contributed by atoms with Crippen molar-refractivity contribution >= 4 is 23.2 Å². The Morgan fingerprint density at radius 1 is 1.40 bits per heavy atom. The number of rotatable bonds is 7. The number of hydrogen-bond donors (Lipinski definition) is 1. The van der Waals surface area contributed by atoms with E-state index in [0.717, 1.165) is 5.56 Å². The summed E-state index contributed by atoms with van der Waals surface area (Å²) in [6.07, 6.45) is 0. The second kappa shape index (κ2) is 6.85. The number of thiophene rings is 1. The molecule has 1 N–H and O–H groups in total. The van der Waals surface area contributed by atoms with Gasteiger partial charge in [-0.3, -0.25) is 14.5 Å². The van der Waals surface area contributed by atoms with Gasteiger partial charge in [0.05, 0.1) is 6.54 Å². The van der Waals surface area contributed by atoms with Crippen LogP contribution in [0.5, 0.6) is 0 Å². The van der Waals surface area contributed by atoms with Gasteiger partial charge >= 0.3 is 5.97 Å². The zero-order chi connectivity index (χ0) is 15.3. The van der Waals surface area contributed by atoms with Crippen LogP contribution in [0, 0.1) is 0 Å². The quantitative estimate of drug-likeness (QED) is 0.835. The molecule has 112 valence electrons. The fraction of sp³-hybridized carbons (Fsp3) is 0.571. The lowest BCUT2D eigenvalue weighted by Gasteiger charge is -2.34. The standard InChI is InChI=1S/C14H22N2O3S/c1-5-16(14(2,3)13(18)19)9-12(17)15(4)8-11-6-7-20-10-11/h6-7,10H,5,8-9H2,1-4H3,(H,18,19). The number of carbonyl (C=O) groups excluding carboxylic acids is 1. The Bertz CT molecular complexity index is 457. The third-order valence-electron chi connectivity index (χ3n) is 3.45. The van der Waals surface area contributed by atoms with Gasteiger partial charge in [0.1, 0.15) is 5.54 Å². The molecule has 0 unspecified atom stereocenters. The summed E-state index contributed by atoms with van der Waals surface area (Å²) in [6, 6.07) is 1.98. The van der Waals surface area contributed by atoms with Gasteiger partial charge in [0.15, 0.2) is 0 Å². The lowest BCUT2D eigenvalue weighted by atomic mass is 10.0. The molecule has 5 nitrogen and oxygen atoms in total. The molecule has 0 aliphatic heterocycles. The van der Waals surface area contributed by atoms with Crippen molar-refractivity contribution in [3.8, 4) is 0 Å². The first kappa shape index (κ1) is 16.7. The van der Waals surface area contributed by atoms with E-state index in [4.69, 9.17) is 0 Å². The smallest absolute Gasteiger partial charge is 0.323 e. The summed E-state index contributed by atoms with van der Waals surface area (Å²) in [4.78, 5) is 26.8. The van der Waals surface area contributed by atoms with Crippen LogP contribution in [0.1, 0.15) is 26.3 Å². The third kappa shape index (κ3) is 4.05. The molecule has 0 radical (unpaired) electrons. The lowest BCUT2D eigenvalue weighted by molar-refractivity contribution is -0.151. The molecule has 0 aliphatic rings. The molecule has 1 rings (SSSR count). The number of hydrogen-bond acceptors (Lipinski definition) is 4. The van der Waals surface area contributed by atoms with E-state index in [1.54, 1.807) is 42.0 Å². The average molecular weight is 298 g/mol. The second-order valence-corrected chi connectivity index (χ2v) is 6.04. The maximum absolute atomic E-state index is 12.2. The van der Waals surface area contributed by atoms with Crippen LogP contribution in [0.15, 0.2) is 16.8 Å². The topological polar surface area (TPSA) is 60.9 Å². The molecule has 0 bridgehead atoms. The highest BCUT2D eigenvalue weighted by Gasteiger charge is 2.35. The minimum Gasteiger partial charge on any atom is -0.480 e. The van der Waals surface area contributed by atoms with Crippen molar-refractivity contribution in [1.82, 2.24) is 9.80 Å². The van der Waals surface area contributed by atoms with Crippen molar-refractivity contribution in [2.45, 2.75) is 32.9 Å². The molecule has 6 heteroatoms. The summed E-state index contributed by atoms with van der Waals surface area (Å²) in [6.45, 7) is 6.26. The van der Waals surface area contributed by atoms with Crippen molar-refractivity contribution < 1.29 is 14.7 Å². The third-order valence-corrected chi connectivity index (χ3v) is 4.18. The molecule has 0 saturated carbocycles. The SMILES string of the molecule is CCN(CC(=O)N(C)Cc1ccsc1)C(C)(C)C(=O)O.